The fourth-order valence-electron chi connectivity index (χ4n) is 1.24. The van der Waals surface area contributed by atoms with Crippen LogP contribution in [0.2, 0.25) is 0 Å². The van der Waals surface area contributed by atoms with E-state index in [1.165, 1.54) is 5.56 Å². The molecular weight excluding hydrogens is 174 g/mol. The molecule has 0 heterocycles. The van der Waals surface area contributed by atoms with Crippen molar-refractivity contribution in [1.82, 2.24) is 0 Å². The van der Waals surface area contributed by atoms with Crippen LogP contribution >= 0.6 is 0 Å². The lowest BCUT2D eigenvalue weighted by atomic mass is 9.98. The van der Waals surface area contributed by atoms with Crippen molar-refractivity contribution >= 4 is 0 Å². The molecule has 3 N–H and O–H groups in total. The lowest BCUT2D eigenvalue weighted by Gasteiger charge is -2.19. The van der Waals surface area contributed by atoms with E-state index in [2.05, 4.69) is 6.58 Å². The molecule has 0 aliphatic rings. The molecule has 0 spiro atoms. The Morgan fingerprint density at radius 2 is 1.86 bits per heavy atom. The van der Waals surface area contributed by atoms with Gasteiger partial charge in [-0.05, 0) is 19.4 Å². The maximum absolute atomic E-state index is 9.86. The van der Waals surface area contributed by atoms with Gasteiger partial charge in [0.2, 0.25) is 0 Å². The maximum atomic E-state index is 9.86. The van der Waals surface area contributed by atoms with E-state index in [0.717, 1.165) is 11.1 Å². The van der Waals surface area contributed by atoms with Crippen LogP contribution in [0.1, 0.15) is 24.2 Å². The van der Waals surface area contributed by atoms with Crippen LogP contribution in [0.3, 0.4) is 0 Å². The lowest BCUT2D eigenvalue weighted by molar-refractivity contribution is 0.159. The van der Waals surface area contributed by atoms with Gasteiger partial charge in [0.1, 0.15) is 0 Å². The van der Waals surface area contributed by atoms with E-state index in [-0.39, 0.29) is 0 Å². The van der Waals surface area contributed by atoms with E-state index >= 15 is 0 Å². The van der Waals surface area contributed by atoms with Gasteiger partial charge in [-0.25, -0.2) is 0 Å². The molecule has 0 fully saturated rings. The van der Waals surface area contributed by atoms with Crippen molar-refractivity contribution in [2.45, 2.75) is 26.0 Å². The molecule has 2 heteroatoms. The zero-order chi connectivity index (χ0) is 10.7. The Labute approximate surface area is 85.1 Å². The van der Waals surface area contributed by atoms with E-state index in [0.29, 0.717) is 0 Å². The molecule has 1 aromatic carbocycles. The predicted molar refractivity (Wildman–Crippen MR) is 58.9 cm³/mol. The van der Waals surface area contributed by atoms with Gasteiger partial charge in [-0.1, -0.05) is 42.0 Å². The molecule has 76 valence electrons. The first kappa shape index (κ1) is 11.0. The molecule has 2 atom stereocenters. The Balaban J connectivity index is 2.84. The van der Waals surface area contributed by atoms with Gasteiger partial charge in [-0.15, -0.1) is 0 Å². The van der Waals surface area contributed by atoms with Gasteiger partial charge in [0.15, 0.2) is 0 Å². The highest BCUT2D eigenvalue weighted by Crippen LogP contribution is 2.19. The largest absolute Gasteiger partial charge is 0.386 e. The third-order valence-corrected chi connectivity index (χ3v) is 2.33. The minimum atomic E-state index is -0.659. The van der Waals surface area contributed by atoms with Crippen molar-refractivity contribution < 1.29 is 5.11 Å². The zero-order valence-corrected chi connectivity index (χ0v) is 8.70. The molecule has 0 saturated carbocycles. The molecule has 0 aliphatic heterocycles. The van der Waals surface area contributed by atoms with Gasteiger partial charge >= 0.3 is 0 Å². The highest BCUT2D eigenvalue weighted by Gasteiger charge is 2.16. The molecule has 1 aromatic rings. The lowest BCUT2D eigenvalue weighted by Crippen LogP contribution is -2.29. The molecule has 0 aromatic heterocycles. The fraction of sp³-hybridized carbons (Fsp3) is 0.333. The SMILES string of the molecule is C=C(C)C(N)C(O)c1ccc(C)cc1. The molecule has 0 bridgehead atoms. The number of nitrogens with two attached hydrogens (primary N) is 1. The van der Waals surface area contributed by atoms with E-state index in [4.69, 9.17) is 5.73 Å². The Morgan fingerprint density at radius 3 is 2.29 bits per heavy atom. The van der Waals surface area contributed by atoms with Crippen LogP contribution in [0, 0.1) is 6.92 Å². The van der Waals surface area contributed by atoms with Gasteiger partial charge < -0.3 is 10.8 Å². The van der Waals surface area contributed by atoms with E-state index in [9.17, 15) is 5.11 Å². The molecule has 14 heavy (non-hydrogen) atoms. The summed E-state index contributed by atoms with van der Waals surface area (Å²) < 4.78 is 0. The highest BCUT2D eigenvalue weighted by atomic mass is 16.3. The monoisotopic (exact) mass is 191 g/mol. The first-order valence-corrected chi connectivity index (χ1v) is 4.68. The normalized spacial score (nSPS) is 14.9. The Morgan fingerprint density at radius 1 is 1.36 bits per heavy atom. The molecule has 0 radical (unpaired) electrons. The Hall–Kier alpha value is -1.12. The van der Waals surface area contributed by atoms with Gasteiger partial charge in [-0.2, -0.15) is 0 Å². The van der Waals surface area contributed by atoms with Crippen LogP contribution in [0.5, 0.6) is 0 Å². The fourth-order valence-corrected chi connectivity index (χ4v) is 1.24. The van der Waals surface area contributed by atoms with Crippen LogP contribution in [0.25, 0.3) is 0 Å². The quantitative estimate of drug-likeness (QED) is 0.717. The van der Waals surface area contributed by atoms with Crippen molar-refractivity contribution in [2.24, 2.45) is 5.73 Å². The van der Waals surface area contributed by atoms with Crippen LogP contribution in [-0.2, 0) is 0 Å². The zero-order valence-electron chi connectivity index (χ0n) is 8.70. The average molecular weight is 191 g/mol. The van der Waals surface area contributed by atoms with E-state index in [1.807, 2.05) is 38.1 Å². The van der Waals surface area contributed by atoms with Gasteiger partial charge in [-0.3, -0.25) is 0 Å². The average Bonchev–Trinajstić information content (AvgIpc) is 2.16. The Kier molecular flexibility index (Phi) is 3.44. The number of rotatable bonds is 3. The highest BCUT2D eigenvalue weighted by molar-refractivity contribution is 5.25. The third-order valence-electron chi connectivity index (χ3n) is 2.33. The van der Waals surface area contributed by atoms with Crippen molar-refractivity contribution in [1.29, 1.82) is 0 Å². The smallest absolute Gasteiger partial charge is 0.0979 e. The predicted octanol–water partition coefficient (Wildman–Crippen LogP) is 1.93. The minimum absolute atomic E-state index is 0.391. The summed E-state index contributed by atoms with van der Waals surface area (Å²) in [5, 5.41) is 9.86. The second kappa shape index (κ2) is 4.40. The van der Waals surface area contributed by atoms with Crippen molar-refractivity contribution in [3.8, 4) is 0 Å². The second-order valence-electron chi connectivity index (χ2n) is 3.73. The standard InChI is InChI=1S/C12H17NO/c1-8(2)11(13)12(14)10-6-4-9(3)5-7-10/h4-7,11-12,14H,1,13H2,2-3H3. The van der Waals surface area contributed by atoms with Crippen LogP contribution in [0.4, 0.5) is 0 Å². The van der Waals surface area contributed by atoms with Crippen LogP contribution < -0.4 is 5.73 Å². The molecule has 2 unspecified atom stereocenters. The topological polar surface area (TPSA) is 46.2 Å². The number of hydrogen-bond acceptors (Lipinski definition) is 2. The van der Waals surface area contributed by atoms with Crippen molar-refractivity contribution in [3.05, 3.63) is 47.5 Å². The van der Waals surface area contributed by atoms with Gasteiger partial charge in [0.25, 0.3) is 0 Å². The van der Waals surface area contributed by atoms with E-state index in [1.54, 1.807) is 0 Å². The number of benzene rings is 1. The molecule has 0 saturated heterocycles. The summed E-state index contributed by atoms with van der Waals surface area (Å²) in [6.45, 7) is 7.56. The number of hydrogen-bond donors (Lipinski definition) is 2. The summed E-state index contributed by atoms with van der Waals surface area (Å²) in [7, 11) is 0. The first-order chi connectivity index (χ1) is 6.52. The van der Waals surface area contributed by atoms with Gasteiger partial charge in [0, 0.05) is 0 Å². The number of aliphatic hydroxyl groups is 1. The van der Waals surface area contributed by atoms with E-state index < -0.39 is 12.1 Å². The van der Waals surface area contributed by atoms with Crippen molar-refractivity contribution in [3.63, 3.8) is 0 Å². The maximum Gasteiger partial charge on any atom is 0.0979 e. The molecule has 1 rings (SSSR count). The van der Waals surface area contributed by atoms with Gasteiger partial charge in [0.05, 0.1) is 12.1 Å². The second-order valence-corrected chi connectivity index (χ2v) is 3.73. The Bertz CT molecular complexity index is 316. The summed E-state index contributed by atoms with van der Waals surface area (Å²) in [6.07, 6.45) is -0.659. The number of aliphatic hydroxyl groups excluding tert-OH is 1. The summed E-state index contributed by atoms with van der Waals surface area (Å²) >= 11 is 0. The summed E-state index contributed by atoms with van der Waals surface area (Å²) in [6, 6.07) is 7.32. The van der Waals surface area contributed by atoms with Crippen LogP contribution in [0.15, 0.2) is 36.4 Å². The molecule has 0 aliphatic carbocycles. The first-order valence-electron chi connectivity index (χ1n) is 4.68. The molecular formula is C12H17NO. The summed E-state index contributed by atoms with van der Waals surface area (Å²) in [4.78, 5) is 0. The third kappa shape index (κ3) is 2.44. The molecule has 2 nitrogen and oxygen atoms in total. The van der Waals surface area contributed by atoms with Crippen molar-refractivity contribution in [2.75, 3.05) is 0 Å². The summed E-state index contributed by atoms with van der Waals surface area (Å²) in [5.41, 5.74) is 8.58. The molecule has 0 amide bonds. The number of aryl methyl sites for hydroxylation is 1. The summed E-state index contributed by atoms with van der Waals surface area (Å²) in [5.74, 6) is 0. The minimum Gasteiger partial charge on any atom is -0.386 e. The van der Waals surface area contributed by atoms with Crippen LogP contribution in [-0.4, -0.2) is 11.1 Å².